The maximum absolute atomic E-state index is 12.3. The summed E-state index contributed by atoms with van der Waals surface area (Å²) in [6.45, 7) is 8.05. The van der Waals surface area contributed by atoms with Gasteiger partial charge in [-0.3, -0.25) is 10.1 Å². The van der Waals surface area contributed by atoms with E-state index in [1.54, 1.807) is 0 Å². The van der Waals surface area contributed by atoms with E-state index >= 15 is 0 Å². The molecule has 0 amide bonds. The highest BCUT2D eigenvalue weighted by molar-refractivity contribution is 5.73. The van der Waals surface area contributed by atoms with Gasteiger partial charge in [0, 0.05) is 0 Å². The van der Waals surface area contributed by atoms with E-state index in [-0.39, 0.29) is 12.1 Å². The van der Waals surface area contributed by atoms with E-state index in [0.717, 1.165) is 6.42 Å². The standard InChI is InChI=1S/C13H26N2O4/c1-13(2,3)5-4-11(12(16)17)14-10-15(18)6-8-19-9-7-15/h11,14H,4-10H2,1-3H3,(H,16,17)/t11-/m0/s1. The monoisotopic (exact) mass is 274 g/mol. The lowest BCUT2D eigenvalue weighted by atomic mass is 9.89. The smallest absolute Gasteiger partial charge is 0.320 e. The molecule has 0 spiro atoms. The molecule has 0 saturated carbocycles. The molecule has 6 nitrogen and oxygen atoms in total. The fraction of sp³-hybridized carbons (Fsp3) is 0.923. The second kappa shape index (κ2) is 6.65. The highest BCUT2D eigenvalue weighted by atomic mass is 16.6. The first-order chi connectivity index (χ1) is 8.72. The fourth-order valence-corrected chi connectivity index (χ4v) is 2.00. The van der Waals surface area contributed by atoms with Gasteiger partial charge in [-0.05, 0) is 18.3 Å². The number of nitrogens with zero attached hydrogens (tertiary/aromatic N) is 1. The average molecular weight is 274 g/mol. The van der Waals surface area contributed by atoms with Crippen molar-refractivity contribution in [3.8, 4) is 0 Å². The van der Waals surface area contributed by atoms with Crippen LogP contribution in [0.5, 0.6) is 0 Å². The van der Waals surface area contributed by atoms with Gasteiger partial charge in [-0.25, -0.2) is 0 Å². The van der Waals surface area contributed by atoms with Crippen LogP contribution in [0.25, 0.3) is 0 Å². The number of aliphatic carboxylic acids is 1. The van der Waals surface area contributed by atoms with E-state index in [4.69, 9.17) is 4.74 Å². The van der Waals surface area contributed by atoms with Crippen molar-refractivity contribution < 1.29 is 19.3 Å². The van der Waals surface area contributed by atoms with Crippen LogP contribution < -0.4 is 5.32 Å². The number of carboxylic acids is 1. The molecule has 1 atom stereocenters. The third-order valence-corrected chi connectivity index (χ3v) is 3.39. The first-order valence-electron chi connectivity index (χ1n) is 6.83. The van der Waals surface area contributed by atoms with Crippen LogP contribution in [-0.2, 0) is 9.53 Å². The van der Waals surface area contributed by atoms with Crippen LogP contribution in [0.4, 0.5) is 0 Å². The molecule has 0 aromatic carbocycles. The van der Waals surface area contributed by atoms with Crippen molar-refractivity contribution in [1.29, 1.82) is 0 Å². The molecule has 1 aliphatic heterocycles. The lowest BCUT2D eigenvalue weighted by molar-refractivity contribution is -0.891. The van der Waals surface area contributed by atoms with Crippen molar-refractivity contribution in [2.45, 2.75) is 39.7 Å². The predicted octanol–water partition coefficient (Wildman–Crippen LogP) is 1.16. The van der Waals surface area contributed by atoms with E-state index < -0.39 is 16.7 Å². The zero-order valence-electron chi connectivity index (χ0n) is 12.1. The lowest BCUT2D eigenvalue weighted by Gasteiger charge is -2.45. The van der Waals surface area contributed by atoms with Gasteiger partial charge in [0.2, 0.25) is 0 Å². The first-order valence-corrected chi connectivity index (χ1v) is 6.83. The summed E-state index contributed by atoms with van der Waals surface area (Å²) >= 11 is 0. The largest absolute Gasteiger partial charge is 0.632 e. The number of hydroxylamine groups is 3. The number of carboxylic acid groups (broad SMARTS) is 1. The second-order valence-electron chi connectivity index (χ2n) is 6.47. The number of hydrogen-bond donors (Lipinski definition) is 2. The maximum Gasteiger partial charge on any atom is 0.320 e. The lowest BCUT2D eigenvalue weighted by Crippen LogP contribution is -2.57. The molecule has 6 heteroatoms. The van der Waals surface area contributed by atoms with E-state index in [1.165, 1.54) is 0 Å². The Morgan fingerprint density at radius 2 is 2.00 bits per heavy atom. The Morgan fingerprint density at radius 3 is 2.47 bits per heavy atom. The van der Waals surface area contributed by atoms with Crippen LogP contribution in [0.2, 0.25) is 0 Å². The highest BCUT2D eigenvalue weighted by Gasteiger charge is 2.26. The molecule has 0 aromatic rings. The van der Waals surface area contributed by atoms with Crippen molar-refractivity contribution in [3.63, 3.8) is 0 Å². The zero-order chi connectivity index (χ0) is 14.5. The molecule has 1 heterocycles. The Hall–Kier alpha value is -0.690. The molecule has 0 aromatic heterocycles. The Labute approximate surface area is 114 Å². The minimum atomic E-state index is -0.885. The quantitative estimate of drug-likeness (QED) is 0.561. The Kier molecular flexibility index (Phi) is 5.73. The van der Waals surface area contributed by atoms with Gasteiger partial charge in [-0.1, -0.05) is 20.8 Å². The minimum absolute atomic E-state index is 0.0953. The normalized spacial score (nSPS) is 21.1. The summed E-state index contributed by atoms with van der Waals surface area (Å²) in [4.78, 5) is 11.2. The third-order valence-electron chi connectivity index (χ3n) is 3.39. The summed E-state index contributed by atoms with van der Waals surface area (Å²) in [6.07, 6.45) is 1.34. The molecule has 112 valence electrons. The zero-order valence-corrected chi connectivity index (χ0v) is 12.1. The molecule has 19 heavy (non-hydrogen) atoms. The van der Waals surface area contributed by atoms with Crippen LogP contribution in [0.1, 0.15) is 33.6 Å². The van der Waals surface area contributed by atoms with Gasteiger partial charge < -0.3 is 19.7 Å². The minimum Gasteiger partial charge on any atom is -0.632 e. The van der Waals surface area contributed by atoms with Crippen LogP contribution in [0.15, 0.2) is 0 Å². The second-order valence-corrected chi connectivity index (χ2v) is 6.47. The van der Waals surface area contributed by atoms with Crippen molar-refractivity contribution in [2.24, 2.45) is 5.41 Å². The predicted molar refractivity (Wildman–Crippen MR) is 72.3 cm³/mol. The van der Waals surface area contributed by atoms with Gasteiger partial charge in [0.25, 0.3) is 0 Å². The van der Waals surface area contributed by atoms with Crippen molar-refractivity contribution >= 4 is 5.97 Å². The van der Waals surface area contributed by atoms with E-state index in [1.807, 2.05) is 0 Å². The summed E-state index contributed by atoms with van der Waals surface area (Å²) in [5.74, 6) is -0.885. The van der Waals surface area contributed by atoms with Crippen molar-refractivity contribution in [1.82, 2.24) is 5.32 Å². The Bertz CT molecular complexity index is 296. The summed E-state index contributed by atoms with van der Waals surface area (Å²) in [5.41, 5.74) is 0.0953. The van der Waals surface area contributed by atoms with Crippen LogP contribution >= 0.6 is 0 Å². The number of ether oxygens (including phenoxy) is 1. The highest BCUT2D eigenvalue weighted by Crippen LogP contribution is 2.21. The van der Waals surface area contributed by atoms with Gasteiger partial charge in [0.15, 0.2) is 0 Å². The molecule has 0 aliphatic carbocycles. The third kappa shape index (κ3) is 6.33. The number of rotatable bonds is 6. The molecule has 1 aliphatic rings. The topological polar surface area (TPSA) is 81.6 Å². The molecular formula is C13H26N2O4. The van der Waals surface area contributed by atoms with Crippen molar-refractivity contribution in [2.75, 3.05) is 33.0 Å². The molecule has 0 unspecified atom stereocenters. The summed E-state index contributed by atoms with van der Waals surface area (Å²) in [6, 6.07) is -0.647. The van der Waals surface area contributed by atoms with E-state index in [9.17, 15) is 15.1 Å². The first kappa shape index (κ1) is 16.4. The molecule has 0 bridgehead atoms. The van der Waals surface area contributed by atoms with E-state index in [0.29, 0.717) is 32.7 Å². The van der Waals surface area contributed by atoms with Gasteiger partial charge in [0.05, 0.1) is 13.2 Å². The molecular weight excluding hydrogens is 248 g/mol. The number of hydrogen-bond acceptors (Lipinski definition) is 4. The summed E-state index contributed by atoms with van der Waals surface area (Å²) < 4.78 is 4.75. The van der Waals surface area contributed by atoms with Gasteiger partial charge in [-0.15, -0.1) is 0 Å². The maximum atomic E-state index is 12.3. The van der Waals surface area contributed by atoms with Crippen molar-refractivity contribution in [3.05, 3.63) is 5.21 Å². The van der Waals surface area contributed by atoms with Gasteiger partial charge >= 0.3 is 5.97 Å². The number of quaternary nitrogens is 1. The Balaban J connectivity index is 2.43. The number of nitrogens with one attached hydrogen (secondary N) is 1. The summed E-state index contributed by atoms with van der Waals surface area (Å²) in [5, 5.41) is 24.3. The van der Waals surface area contributed by atoms with Gasteiger partial charge in [-0.2, -0.15) is 0 Å². The van der Waals surface area contributed by atoms with Crippen LogP contribution in [-0.4, -0.2) is 54.7 Å². The molecule has 1 saturated heterocycles. The fourth-order valence-electron chi connectivity index (χ4n) is 2.00. The number of morpholine rings is 1. The molecule has 1 fully saturated rings. The SMILES string of the molecule is CC(C)(C)CC[C@H](NC[N+]1([O-])CCOCC1)C(=O)O. The average Bonchev–Trinajstić information content (AvgIpc) is 2.27. The van der Waals surface area contributed by atoms with E-state index in [2.05, 4.69) is 26.1 Å². The van der Waals surface area contributed by atoms with Crippen LogP contribution in [0, 0.1) is 10.6 Å². The molecule has 2 N–H and O–H groups in total. The number of carbonyl (C=O) groups is 1. The molecule has 0 radical (unpaired) electrons. The van der Waals surface area contributed by atoms with Gasteiger partial charge in [0.1, 0.15) is 25.8 Å². The van der Waals surface area contributed by atoms with Crippen LogP contribution in [0.3, 0.4) is 0 Å². The summed E-state index contributed by atoms with van der Waals surface area (Å²) in [7, 11) is 0. The Morgan fingerprint density at radius 1 is 1.42 bits per heavy atom. The molecule has 1 rings (SSSR count).